The molecule has 0 radical (unpaired) electrons. The monoisotopic (exact) mass is 639 g/mol. The summed E-state index contributed by atoms with van der Waals surface area (Å²) in [5.74, 6) is -0.909. The van der Waals surface area contributed by atoms with Gasteiger partial charge >= 0.3 is 6.09 Å². The normalized spacial score (nSPS) is 26.5. The van der Waals surface area contributed by atoms with Gasteiger partial charge in [-0.15, -0.1) is 6.58 Å². The highest BCUT2D eigenvalue weighted by atomic mass is 32.2. The van der Waals surface area contributed by atoms with E-state index in [2.05, 4.69) is 27.3 Å². The van der Waals surface area contributed by atoms with Gasteiger partial charge in [-0.2, -0.15) is 0 Å². The Labute approximate surface area is 263 Å². The Hall–Kier alpha value is -3.74. The Morgan fingerprint density at radius 3 is 2.69 bits per heavy atom. The lowest BCUT2D eigenvalue weighted by Gasteiger charge is -2.43. The SMILES string of the molecule is C=C[C@@H]1C[C@]1(C(=O)NS(=O)(=O)C1CC1)C(C)(C)N1CC(=O)N2CC[C@@H](C2)Oc2ncnc3ccc(cc23)CCCCCOC1=O. The zero-order valence-electron chi connectivity index (χ0n) is 25.9. The Balaban J connectivity index is 1.27. The maximum absolute atomic E-state index is 13.8. The summed E-state index contributed by atoms with van der Waals surface area (Å²) in [6.45, 7) is 7.78. The summed E-state index contributed by atoms with van der Waals surface area (Å²) in [5.41, 5.74) is -0.665. The van der Waals surface area contributed by atoms with Crippen LogP contribution in [0.2, 0.25) is 0 Å². The number of amides is 3. The smallest absolute Gasteiger partial charge is 0.410 e. The van der Waals surface area contributed by atoms with Gasteiger partial charge in [0.05, 0.1) is 40.3 Å². The summed E-state index contributed by atoms with van der Waals surface area (Å²) in [5, 5.41) is 0.244. The van der Waals surface area contributed by atoms with Crippen LogP contribution in [0.4, 0.5) is 4.79 Å². The average Bonchev–Trinajstić information content (AvgIpc) is 3.93. The van der Waals surface area contributed by atoms with Crippen molar-refractivity contribution in [3.63, 3.8) is 0 Å². The molecule has 3 heterocycles. The van der Waals surface area contributed by atoms with E-state index in [1.165, 1.54) is 11.2 Å². The summed E-state index contributed by atoms with van der Waals surface area (Å²) in [4.78, 5) is 53.0. The van der Waals surface area contributed by atoms with Crippen LogP contribution < -0.4 is 9.46 Å². The number of carbonyl (C=O) groups excluding carboxylic acids is 3. The first-order valence-electron chi connectivity index (χ1n) is 15.8. The van der Waals surface area contributed by atoms with E-state index in [0.717, 1.165) is 35.7 Å². The second kappa shape index (κ2) is 11.9. The molecular weight excluding hydrogens is 598 g/mol. The van der Waals surface area contributed by atoms with Crippen molar-refractivity contribution in [1.82, 2.24) is 24.5 Å². The standard InChI is InChI=1S/C32H41N5O7S/c1-4-22-17-32(22,29(39)35-45(41,42)24-10-11-24)31(2,3)37-19-27(38)36-14-13-23(18-36)44-28-25-16-21(9-12-26(25)33-20-34-28)8-6-5-7-15-43-30(37)40/h4,9,12,16,20,22-24H,1,5-8,10-11,13-15,17-19H2,2-3H3,(H,35,39)/t22-,23+,32+/m1/s1. The fourth-order valence-electron chi connectivity index (χ4n) is 6.85. The highest BCUT2D eigenvalue weighted by molar-refractivity contribution is 7.90. The fraction of sp³-hybridized carbons (Fsp3) is 0.594. The highest BCUT2D eigenvalue weighted by Gasteiger charge is 2.70. The molecule has 242 valence electrons. The van der Waals surface area contributed by atoms with Crippen molar-refractivity contribution in [1.29, 1.82) is 0 Å². The molecule has 2 aliphatic carbocycles. The van der Waals surface area contributed by atoms with E-state index >= 15 is 0 Å². The van der Waals surface area contributed by atoms with Crippen LogP contribution in [-0.4, -0.2) is 89.2 Å². The summed E-state index contributed by atoms with van der Waals surface area (Å²) in [6.07, 6.45) is 7.07. The number of benzene rings is 1. The Morgan fingerprint density at radius 2 is 1.96 bits per heavy atom. The minimum atomic E-state index is -3.83. The van der Waals surface area contributed by atoms with E-state index < -0.39 is 38.2 Å². The van der Waals surface area contributed by atoms with Crippen molar-refractivity contribution in [2.45, 2.75) is 82.1 Å². The van der Waals surface area contributed by atoms with E-state index in [0.29, 0.717) is 51.1 Å². The Bertz CT molecular complexity index is 1620. The number of allylic oxidation sites excluding steroid dienone is 1. The lowest BCUT2D eigenvalue weighted by molar-refractivity contribution is -0.137. The van der Waals surface area contributed by atoms with Gasteiger partial charge < -0.3 is 14.4 Å². The number of aryl methyl sites for hydroxylation is 1. The first kappa shape index (κ1) is 31.3. The second-order valence-electron chi connectivity index (χ2n) is 13.2. The quantitative estimate of drug-likeness (QED) is 0.470. The number of hydrogen-bond acceptors (Lipinski definition) is 9. The zero-order chi connectivity index (χ0) is 32.0. The van der Waals surface area contributed by atoms with Crippen LogP contribution in [0.1, 0.15) is 64.4 Å². The van der Waals surface area contributed by atoms with Crippen LogP contribution in [0, 0.1) is 11.3 Å². The number of fused-ring (bicyclic) bond motifs is 3. The zero-order valence-corrected chi connectivity index (χ0v) is 26.7. The van der Waals surface area contributed by atoms with Gasteiger partial charge in [-0.1, -0.05) is 12.1 Å². The van der Waals surface area contributed by atoms with Gasteiger partial charge in [-0.3, -0.25) is 19.2 Å². The van der Waals surface area contributed by atoms with Gasteiger partial charge in [0, 0.05) is 13.0 Å². The van der Waals surface area contributed by atoms with Crippen molar-refractivity contribution >= 4 is 38.8 Å². The van der Waals surface area contributed by atoms with E-state index in [4.69, 9.17) is 9.47 Å². The number of nitrogens with zero attached hydrogens (tertiary/aromatic N) is 4. The molecule has 3 amide bonds. The molecule has 2 aromatic rings. The third kappa shape index (κ3) is 5.98. The molecule has 1 aromatic heterocycles. The van der Waals surface area contributed by atoms with Crippen LogP contribution in [0.25, 0.3) is 10.9 Å². The van der Waals surface area contributed by atoms with Gasteiger partial charge in [-0.25, -0.2) is 23.2 Å². The van der Waals surface area contributed by atoms with E-state index in [1.807, 2.05) is 12.1 Å². The van der Waals surface area contributed by atoms with Crippen molar-refractivity contribution in [2.24, 2.45) is 11.3 Å². The molecule has 2 saturated carbocycles. The molecule has 4 bridgehead atoms. The number of hydrogen-bond donors (Lipinski definition) is 1. The van der Waals surface area contributed by atoms with Crippen molar-refractivity contribution in [3.05, 3.63) is 42.7 Å². The number of ether oxygens (including phenoxy) is 2. The van der Waals surface area contributed by atoms with Crippen LogP contribution in [0.3, 0.4) is 0 Å². The first-order valence-corrected chi connectivity index (χ1v) is 17.3. The maximum Gasteiger partial charge on any atom is 0.410 e. The predicted octanol–water partition coefficient (Wildman–Crippen LogP) is 3.35. The van der Waals surface area contributed by atoms with Crippen LogP contribution in [0.5, 0.6) is 5.88 Å². The molecule has 13 heteroatoms. The van der Waals surface area contributed by atoms with Crippen LogP contribution >= 0.6 is 0 Å². The largest absolute Gasteiger partial charge is 0.472 e. The molecule has 3 atom stereocenters. The van der Waals surface area contributed by atoms with Crippen molar-refractivity contribution < 1.29 is 32.3 Å². The van der Waals surface area contributed by atoms with Gasteiger partial charge in [0.2, 0.25) is 27.7 Å². The fourth-order valence-corrected chi connectivity index (χ4v) is 8.21. The van der Waals surface area contributed by atoms with Gasteiger partial charge in [0.15, 0.2) is 0 Å². The van der Waals surface area contributed by atoms with Gasteiger partial charge in [-0.05, 0) is 82.4 Å². The molecule has 6 rings (SSSR count). The number of cyclic esters (lactones) is 1. The van der Waals surface area contributed by atoms with E-state index in [1.54, 1.807) is 24.8 Å². The Morgan fingerprint density at radius 1 is 1.16 bits per heavy atom. The van der Waals surface area contributed by atoms with Crippen molar-refractivity contribution in [2.75, 3.05) is 26.2 Å². The molecule has 45 heavy (non-hydrogen) atoms. The highest BCUT2D eigenvalue weighted by Crippen LogP contribution is 2.62. The number of aromatic nitrogens is 2. The number of sulfonamides is 1. The van der Waals surface area contributed by atoms with Gasteiger partial charge in [0.25, 0.3) is 0 Å². The van der Waals surface area contributed by atoms with E-state index in [9.17, 15) is 22.8 Å². The third-order valence-corrected chi connectivity index (χ3v) is 11.8. The second-order valence-corrected chi connectivity index (χ2v) is 15.1. The van der Waals surface area contributed by atoms with Crippen LogP contribution in [0.15, 0.2) is 37.2 Å². The minimum absolute atomic E-state index is 0.148. The molecule has 0 spiro atoms. The number of nitrogens with one attached hydrogen (secondary N) is 1. The summed E-state index contributed by atoms with van der Waals surface area (Å²) >= 11 is 0. The summed E-state index contributed by atoms with van der Waals surface area (Å²) < 4.78 is 39.8. The number of carbonyl (C=O) groups is 3. The Kier molecular flexibility index (Phi) is 8.25. The van der Waals surface area contributed by atoms with Crippen LogP contribution in [-0.2, 0) is 30.8 Å². The molecule has 2 aliphatic heterocycles. The molecule has 12 nitrogen and oxygen atoms in total. The molecule has 1 N–H and O–H groups in total. The summed E-state index contributed by atoms with van der Waals surface area (Å²) in [6, 6.07) is 6.07. The lowest BCUT2D eigenvalue weighted by Crippen LogP contribution is -2.61. The molecule has 0 unspecified atom stereocenters. The van der Waals surface area contributed by atoms with Crippen molar-refractivity contribution in [3.8, 4) is 5.88 Å². The minimum Gasteiger partial charge on any atom is -0.472 e. The molecule has 1 aromatic carbocycles. The summed E-state index contributed by atoms with van der Waals surface area (Å²) in [7, 11) is -3.83. The lowest BCUT2D eigenvalue weighted by atomic mass is 9.79. The van der Waals surface area contributed by atoms with Gasteiger partial charge in [0.1, 0.15) is 19.0 Å². The molecule has 4 aliphatic rings. The number of rotatable bonds is 6. The topological polar surface area (TPSA) is 148 Å². The first-order chi connectivity index (χ1) is 21.5. The predicted molar refractivity (Wildman–Crippen MR) is 166 cm³/mol. The average molecular weight is 640 g/mol. The van der Waals surface area contributed by atoms with E-state index in [-0.39, 0.29) is 31.1 Å². The molecular formula is C32H41N5O7S. The molecule has 1 saturated heterocycles. The molecule has 3 fully saturated rings. The third-order valence-electron chi connectivity index (χ3n) is 9.96. The maximum atomic E-state index is 13.8.